The quantitative estimate of drug-likeness (QED) is 0.444. The van der Waals surface area contributed by atoms with Gasteiger partial charge in [-0.1, -0.05) is 19.3 Å². The number of carbonyl (C=O) groups is 1. The van der Waals surface area contributed by atoms with Crippen molar-refractivity contribution in [2.45, 2.75) is 49.6 Å². The second-order valence-corrected chi connectivity index (χ2v) is 6.06. The zero-order valence-electron chi connectivity index (χ0n) is 8.31. The molecule has 0 amide bonds. The summed E-state index contributed by atoms with van der Waals surface area (Å²) in [7, 11) is 0. The first-order chi connectivity index (χ1) is 6.02. The maximum absolute atomic E-state index is 10.9. The topological polar surface area (TPSA) is 26.3 Å². The fourth-order valence-electron chi connectivity index (χ4n) is 1.98. The van der Waals surface area contributed by atoms with E-state index in [4.69, 9.17) is 4.74 Å². The number of rotatable bonds is 2. The lowest BCUT2D eigenvalue weighted by atomic mass is 9.86. The minimum absolute atomic E-state index is 0.164. The Morgan fingerprint density at radius 3 is 2.38 bits per heavy atom. The van der Waals surface area contributed by atoms with Crippen LogP contribution in [0.4, 0.5) is 0 Å². The van der Waals surface area contributed by atoms with E-state index >= 15 is 0 Å². The van der Waals surface area contributed by atoms with Crippen LogP contribution in [0.5, 0.6) is 0 Å². The van der Waals surface area contributed by atoms with Gasteiger partial charge in [0.25, 0.3) is 0 Å². The van der Waals surface area contributed by atoms with Gasteiger partial charge >= 0.3 is 5.97 Å². The van der Waals surface area contributed by atoms with Crippen molar-refractivity contribution in [3.8, 4) is 0 Å². The molecular weight excluding hydrogens is 279 g/mol. The van der Waals surface area contributed by atoms with E-state index in [0.717, 1.165) is 0 Å². The lowest BCUT2D eigenvalue weighted by Crippen LogP contribution is -2.34. The van der Waals surface area contributed by atoms with Crippen LogP contribution in [0, 0.1) is 5.92 Å². The highest BCUT2D eigenvalue weighted by atomic mass is 127. The van der Waals surface area contributed by atoms with E-state index in [1.54, 1.807) is 0 Å². The van der Waals surface area contributed by atoms with Crippen LogP contribution in [-0.4, -0.2) is 9.58 Å². The van der Waals surface area contributed by atoms with E-state index in [9.17, 15) is 4.79 Å². The van der Waals surface area contributed by atoms with Crippen LogP contribution in [0.1, 0.15) is 46.0 Å². The lowest BCUT2D eigenvalue weighted by molar-refractivity contribution is -0.150. The van der Waals surface area contributed by atoms with Gasteiger partial charge in [-0.25, -0.2) is 0 Å². The summed E-state index contributed by atoms with van der Waals surface area (Å²) >= 11 is 2.27. The molecule has 0 saturated heterocycles. The molecule has 0 N–H and O–H groups in total. The van der Waals surface area contributed by atoms with Crippen molar-refractivity contribution < 1.29 is 9.53 Å². The molecule has 1 atom stereocenters. The summed E-state index contributed by atoms with van der Waals surface area (Å²) < 4.78 is 5.04. The fraction of sp³-hybridized carbons (Fsp3) is 0.900. The highest BCUT2D eigenvalue weighted by Crippen LogP contribution is 2.39. The van der Waals surface area contributed by atoms with Crippen LogP contribution in [0.25, 0.3) is 0 Å². The van der Waals surface area contributed by atoms with Gasteiger partial charge in [0.1, 0.15) is 0 Å². The molecule has 0 radical (unpaired) electrons. The second-order valence-electron chi connectivity index (χ2n) is 3.91. The van der Waals surface area contributed by atoms with Gasteiger partial charge in [0.2, 0.25) is 0 Å². The Morgan fingerprint density at radius 2 is 1.92 bits per heavy atom. The van der Waals surface area contributed by atoms with Gasteiger partial charge in [-0.3, -0.25) is 4.79 Å². The zero-order chi connectivity index (χ0) is 9.90. The molecule has 0 aromatic heterocycles. The molecule has 1 rings (SSSR count). The molecule has 0 aliphatic heterocycles. The average Bonchev–Trinajstić information content (AvgIpc) is 2.04. The van der Waals surface area contributed by atoms with Crippen LogP contribution in [0.15, 0.2) is 0 Å². The normalized spacial score (nSPS) is 23.6. The molecule has 13 heavy (non-hydrogen) atoms. The molecule has 0 bridgehead atoms. The summed E-state index contributed by atoms with van der Waals surface area (Å²) in [5, 5.41) is 0. The lowest BCUT2D eigenvalue weighted by Gasteiger charge is -2.34. The van der Waals surface area contributed by atoms with E-state index in [1.807, 2.05) is 6.92 Å². The molecular formula is C10H17IO2. The number of esters is 1. The molecule has 0 spiro atoms. The number of alkyl halides is 1. The van der Waals surface area contributed by atoms with Crippen molar-refractivity contribution in [1.82, 2.24) is 0 Å². The van der Waals surface area contributed by atoms with Crippen LogP contribution >= 0.6 is 22.6 Å². The van der Waals surface area contributed by atoms with Gasteiger partial charge in [0, 0.05) is 12.8 Å². The maximum atomic E-state index is 10.9. The number of carbonyl (C=O) groups excluding carboxylic acids is 1. The van der Waals surface area contributed by atoms with Crippen molar-refractivity contribution in [2.75, 3.05) is 0 Å². The molecule has 0 aromatic rings. The molecule has 2 nitrogen and oxygen atoms in total. The van der Waals surface area contributed by atoms with Gasteiger partial charge in [-0.2, -0.15) is 0 Å². The Bertz CT molecular complexity index is 183. The van der Waals surface area contributed by atoms with Crippen LogP contribution in [0.3, 0.4) is 0 Å². The molecule has 1 fully saturated rings. The van der Waals surface area contributed by atoms with E-state index in [0.29, 0.717) is 5.92 Å². The van der Waals surface area contributed by atoms with Gasteiger partial charge in [0.05, 0.1) is 0 Å². The third kappa shape index (κ3) is 3.44. The molecule has 1 aliphatic carbocycles. The number of ether oxygens (including phenoxy) is 1. The van der Waals surface area contributed by atoms with Gasteiger partial charge in [0.15, 0.2) is 3.61 Å². The zero-order valence-corrected chi connectivity index (χ0v) is 10.5. The average molecular weight is 296 g/mol. The number of hydrogen-bond donors (Lipinski definition) is 0. The first-order valence-electron chi connectivity index (χ1n) is 4.91. The molecule has 1 unspecified atom stereocenters. The molecule has 0 heterocycles. The van der Waals surface area contributed by atoms with Crippen molar-refractivity contribution >= 4 is 28.6 Å². The van der Waals surface area contributed by atoms with Crippen molar-refractivity contribution in [3.63, 3.8) is 0 Å². The third-order valence-corrected chi connectivity index (χ3v) is 3.78. The molecule has 1 aliphatic rings. The van der Waals surface area contributed by atoms with Crippen molar-refractivity contribution in [2.24, 2.45) is 5.92 Å². The van der Waals surface area contributed by atoms with Gasteiger partial charge in [-0.15, -0.1) is 0 Å². The summed E-state index contributed by atoms with van der Waals surface area (Å²) in [5.41, 5.74) is 0. The predicted molar refractivity (Wildman–Crippen MR) is 60.8 cm³/mol. The third-order valence-electron chi connectivity index (χ3n) is 2.68. The molecule has 0 aromatic carbocycles. The van der Waals surface area contributed by atoms with E-state index in [1.165, 1.54) is 39.0 Å². The largest absolute Gasteiger partial charge is 0.449 e. The number of hydrogen-bond acceptors (Lipinski definition) is 2. The summed E-state index contributed by atoms with van der Waals surface area (Å²) in [6.07, 6.45) is 6.30. The fourth-order valence-corrected chi connectivity index (χ4v) is 2.92. The Morgan fingerprint density at radius 1 is 1.38 bits per heavy atom. The smallest absolute Gasteiger partial charge is 0.303 e. The highest BCUT2D eigenvalue weighted by molar-refractivity contribution is 14.1. The minimum Gasteiger partial charge on any atom is -0.449 e. The van der Waals surface area contributed by atoms with Gasteiger partial charge < -0.3 is 4.74 Å². The molecule has 76 valence electrons. The summed E-state index contributed by atoms with van der Waals surface area (Å²) in [4.78, 5) is 10.9. The van der Waals surface area contributed by atoms with Crippen molar-refractivity contribution in [3.05, 3.63) is 0 Å². The highest BCUT2D eigenvalue weighted by Gasteiger charge is 2.34. The minimum atomic E-state index is -0.288. The van der Waals surface area contributed by atoms with Crippen LogP contribution in [0.2, 0.25) is 0 Å². The number of halogens is 1. The Hall–Kier alpha value is 0.200. The van der Waals surface area contributed by atoms with Gasteiger partial charge in [-0.05, 0) is 42.4 Å². The van der Waals surface area contributed by atoms with E-state index in [-0.39, 0.29) is 9.58 Å². The Kier molecular flexibility index (Phi) is 4.01. The maximum Gasteiger partial charge on any atom is 0.303 e. The molecule has 1 saturated carbocycles. The predicted octanol–water partition coefficient (Wildman–Crippen LogP) is 3.28. The SMILES string of the molecule is CC(=O)OC(C)(I)C1CCCCC1. The Balaban J connectivity index is 2.50. The van der Waals surface area contributed by atoms with E-state index in [2.05, 4.69) is 22.6 Å². The monoisotopic (exact) mass is 296 g/mol. The first kappa shape index (κ1) is 11.3. The second kappa shape index (κ2) is 4.62. The summed E-state index contributed by atoms with van der Waals surface area (Å²) in [6.45, 7) is 3.50. The molecule has 3 heteroatoms. The van der Waals surface area contributed by atoms with Crippen LogP contribution < -0.4 is 0 Å². The standard InChI is InChI=1S/C10H17IO2/c1-8(12)13-10(2,11)9-6-4-3-5-7-9/h9H,3-7H2,1-2H3. The van der Waals surface area contributed by atoms with Crippen molar-refractivity contribution in [1.29, 1.82) is 0 Å². The summed E-state index contributed by atoms with van der Waals surface area (Å²) in [6, 6.07) is 0. The van der Waals surface area contributed by atoms with E-state index < -0.39 is 0 Å². The van der Waals surface area contributed by atoms with Crippen LogP contribution in [-0.2, 0) is 9.53 Å². The first-order valence-corrected chi connectivity index (χ1v) is 5.99. The Labute approximate surface area is 93.6 Å². The summed E-state index contributed by atoms with van der Waals surface area (Å²) in [5.74, 6) is 0.383.